The first-order valence-corrected chi connectivity index (χ1v) is 7.67. The number of primary amides is 1. The van der Waals surface area contributed by atoms with E-state index in [1.54, 1.807) is 30.3 Å². The fraction of sp³-hybridized carbons (Fsp3) is 0.222. The Morgan fingerprint density at radius 1 is 1.33 bits per heavy atom. The molecular formula is C18H17FN2O3. The van der Waals surface area contributed by atoms with Crippen LogP contribution in [0.2, 0.25) is 0 Å². The number of cyclic esters (lactones) is 1. The predicted octanol–water partition coefficient (Wildman–Crippen LogP) is 3.33. The van der Waals surface area contributed by atoms with Gasteiger partial charge in [-0.3, -0.25) is 9.69 Å². The van der Waals surface area contributed by atoms with E-state index < -0.39 is 17.8 Å². The highest BCUT2D eigenvalue weighted by atomic mass is 19.1. The normalized spacial score (nSPS) is 17.0. The van der Waals surface area contributed by atoms with Gasteiger partial charge in [-0.1, -0.05) is 19.1 Å². The van der Waals surface area contributed by atoms with Gasteiger partial charge >= 0.3 is 6.09 Å². The molecule has 1 aliphatic rings. The zero-order valence-electron chi connectivity index (χ0n) is 13.2. The number of hydrogen-bond acceptors (Lipinski definition) is 3. The molecule has 0 aliphatic carbocycles. The third-order valence-corrected chi connectivity index (χ3v) is 4.05. The number of anilines is 1. The van der Waals surface area contributed by atoms with Gasteiger partial charge in [0.05, 0.1) is 12.2 Å². The van der Waals surface area contributed by atoms with Gasteiger partial charge in [0.15, 0.2) is 0 Å². The first kappa shape index (κ1) is 16.0. The Labute approximate surface area is 138 Å². The maximum Gasteiger partial charge on any atom is 0.414 e. The zero-order valence-corrected chi connectivity index (χ0v) is 13.2. The first-order valence-electron chi connectivity index (χ1n) is 7.67. The molecule has 1 atom stereocenters. The Bertz CT molecular complexity index is 807. The first-order chi connectivity index (χ1) is 11.5. The second kappa shape index (κ2) is 6.31. The summed E-state index contributed by atoms with van der Waals surface area (Å²) in [6.45, 7) is 2.34. The van der Waals surface area contributed by atoms with Crippen molar-refractivity contribution in [3.63, 3.8) is 0 Å². The van der Waals surface area contributed by atoms with Gasteiger partial charge in [-0.15, -0.1) is 0 Å². The lowest BCUT2D eigenvalue weighted by atomic mass is 10.0. The summed E-state index contributed by atoms with van der Waals surface area (Å²) >= 11 is 0. The third-order valence-electron chi connectivity index (χ3n) is 4.05. The van der Waals surface area contributed by atoms with E-state index in [0.29, 0.717) is 35.3 Å². The van der Waals surface area contributed by atoms with Crippen LogP contribution in [0.4, 0.5) is 14.9 Å². The Morgan fingerprint density at radius 3 is 2.75 bits per heavy atom. The third kappa shape index (κ3) is 2.95. The molecule has 24 heavy (non-hydrogen) atoms. The van der Waals surface area contributed by atoms with E-state index in [-0.39, 0.29) is 6.10 Å². The second-order valence-corrected chi connectivity index (χ2v) is 5.63. The van der Waals surface area contributed by atoms with Crippen molar-refractivity contribution in [1.82, 2.24) is 0 Å². The van der Waals surface area contributed by atoms with Crippen LogP contribution in [0.1, 0.15) is 23.7 Å². The van der Waals surface area contributed by atoms with Gasteiger partial charge < -0.3 is 10.5 Å². The molecule has 2 aromatic rings. The highest BCUT2D eigenvalue weighted by Gasteiger charge is 2.31. The maximum atomic E-state index is 14.5. The topological polar surface area (TPSA) is 72.6 Å². The molecule has 3 rings (SSSR count). The minimum atomic E-state index is -0.570. The molecule has 0 spiro atoms. The van der Waals surface area contributed by atoms with Crippen LogP contribution in [0.15, 0.2) is 42.5 Å². The molecule has 1 heterocycles. The molecule has 1 saturated heterocycles. The van der Waals surface area contributed by atoms with E-state index in [9.17, 15) is 14.0 Å². The van der Waals surface area contributed by atoms with Gasteiger partial charge in [0, 0.05) is 11.1 Å². The Kier molecular flexibility index (Phi) is 4.20. The van der Waals surface area contributed by atoms with Gasteiger partial charge in [-0.25, -0.2) is 9.18 Å². The van der Waals surface area contributed by atoms with Crippen LogP contribution < -0.4 is 10.6 Å². The van der Waals surface area contributed by atoms with E-state index in [2.05, 4.69) is 0 Å². The minimum Gasteiger partial charge on any atom is -0.444 e. The van der Waals surface area contributed by atoms with Crippen molar-refractivity contribution >= 4 is 17.7 Å². The van der Waals surface area contributed by atoms with E-state index in [1.807, 2.05) is 6.92 Å². The summed E-state index contributed by atoms with van der Waals surface area (Å²) in [6.07, 6.45) is 0.0696. The molecule has 0 aromatic heterocycles. The van der Waals surface area contributed by atoms with Gasteiger partial charge in [0.25, 0.3) is 0 Å². The van der Waals surface area contributed by atoms with Crippen molar-refractivity contribution in [1.29, 1.82) is 0 Å². The molecule has 0 saturated carbocycles. The molecule has 1 fully saturated rings. The van der Waals surface area contributed by atoms with Crippen LogP contribution in [-0.4, -0.2) is 24.6 Å². The van der Waals surface area contributed by atoms with Gasteiger partial charge in [-0.05, 0) is 42.3 Å². The monoisotopic (exact) mass is 328 g/mol. The van der Waals surface area contributed by atoms with Crippen molar-refractivity contribution in [2.75, 3.05) is 11.4 Å². The van der Waals surface area contributed by atoms with Crippen LogP contribution in [0.5, 0.6) is 0 Å². The fourth-order valence-corrected chi connectivity index (χ4v) is 2.69. The van der Waals surface area contributed by atoms with Gasteiger partial charge in [0.1, 0.15) is 11.9 Å². The number of ether oxygens (including phenoxy) is 1. The number of halogens is 1. The molecule has 0 radical (unpaired) electrons. The second-order valence-electron chi connectivity index (χ2n) is 5.63. The Morgan fingerprint density at radius 2 is 2.12 bits per heavy atom. The summed E-state index contributed by atoms with van der Waals surface area (Å²) in [6, 6.07) is 11.0. The van der Waals surface area contributed by atoms with Crippen molar-refractivity contribution in [3.8, 4) is 11.1 Å². The lowest BCUT2D eigenvalue weighted by Gasteiger charge is -2.14. The van der Waals surface area contributed by atoms with Crippen LogP contribution in [-0.2, 0) is 4.74 Å². The molecule has 0 unspecified atom stereocenters. The van der Waals surface area contributed by atoms with Crippen LogP contribution in [0.25, 0.3) is 11.1 Å². The SMILES string of the molecule is CC[C@H]1CN(c2ccc(-c3cccc(C(N)=O)c3)c(F)c2)C(=O)O1. The number of carbonyl (C=O) groups is 2. The average Bonchev–Trinajstić information content (AvgIpc) is 2.96. The van der Waals surface area contributed by atoms with E-state index in [1.165, 1.54) is 17.0 Å². The molecule has 124 valence electrons. The number of hydrogen-bond donors (Lipinski definition) is 1. The fourth-order valence-electron chi connectivity index (χ4n) is 2.69. The predicted molar refractivity (Wildman–Crippen MR) is 88.3 cm³/mol. The number of carbonyl (C=O) groups excluding carboxylic acids is 2. The van der Waals surface area contributed by atoms with E-state index in [0.717, 1.165) is 0 Å². The smallest absolute Gasteiger partial charge is 0.414 e. The van der Waals surface area contributed by atoms with Crippen molar-refractivity contribution in [2.24, 2.45) is 5.73 Å². The average molecular weight is 328 g/mol. The summed E-state index contributed by atoms with van der Waals surface area (Å²) in [5, 5.41) is 0. The Hall–Kier alpha value is -2.89. The summed E-state index contributed by atoms with van der Waals surface area (Å²) in [5.74, 6) is -1.05. The number of rotatable bonds is 4. The molecule has 0 bridgehead atoms. The molecule has 5 nitrogen and oxygen atoms in total. The quantitative estimate of drug-likeness (QED) is 0.935. The Balaban J connectivity index is 1.92. The summed E-state index contributed by atoms with van der Waals surface area (Å²) in [7, 11) is 0. The lowest BCUT2D eigenvalue weighted by Crippen LogP contribution is -2.24. The van der Waals surface area contributed by atoms with Crippen LogP contribution in [0.3, 0.4) is 0 Å². The molecule has 2 aromatic carbocycles. The van der Waals surface area contributed by atoms with Crippen molar-refractivity contribution in [3.05, 3.63) is 53.8 Å². The highest BCUT2D eigenvalue weighted by Crippen LogP contribution is 2.29. The standard InChI is InChI=1S/C18H17FN2O3/c1-2-14-10-21(18(23)24-14)13-6-7-15(16(19)9-13)11-4-3-5-12(8-11)17(20)22/h3-9,14H,2,10H2,1H3,(H2,20,22)/t14-/m0/s1. The number of amides is 2. The number of benzene rings is 2. The van der Waals surface area contributed by atoms with Gasteiger partial charge in [0.2, 0.25) is 5.91 Å². The minimum absolute atomic E-state index is 0.174. The van der Waals surface area contributed by atoms with Gasteiger partial charge in [-0.2, -0.15) is 0 Å². The van der Waals surface area contributed by atoms with Crippen molar-refractivity contribution < 1.29 is 18.7 Å². The largest absolute Gasteiger partial charge is 0.444 e. The molecule has 1 aliphatic heterocycles. The van der Waals surface area contributed by atoms with E-state index in [4.69, 9.17) is 10.5 Å². The number of nitrogens with zero attached hydrogens (tertiary/aromatic N) is 1. The van der Waals surface area contributed by atoms with Crippen LogP contribution >= 0.6 is 0 Å². The summed E-state index contributed by atoms with van der Waals surface area (Å²) in [4.78, 5) is 24.5. The molecule has 2 N–H and O–H groups in total. The zero-order chi connectivity index (χ0) is 17.3. The number of nitrogens with two attached hydrogens (primary N) is 1. The summed E-state index contributed by atoms with van der Waals surface area (Å²) in [5.41, 5.74) is 6.90. The lowest BCUT2D eigenvalue weighted by molar-refractivity contribution is 0.1000. The maximum absolute atomic E-state index is 14.5. The molecular weight excluding hydrogens is 311 g/mol. The molecule has 6 heteroatoms. The highest BCUT2D eigenvalue weighted by molar-refractivity contribution is 5.94. The summed E-state index contributed by atoms with van der Waals surface area (Å²) < 4.78 is 19.7. The van der Waals surface area contributed by atoms with E-state index >= 15 is 0 Å². The molecule has 2 amide bonds. The van der Waals surface area contributed by atoms with Crippen LogP contribution in [0, 0.1) is 5.82 Å². The van der Waals surface area contributed by atoms with Crippen molar-refractivity contribution in [2.45, 2.75) is 19.4 Å².